The minimum atomic E-state index is -0.271. The number of halogens is 2. The van der Waals surface area contributed by atoms with Gasteiger partial charge in [-0.1, -0.05) is 35.2 Å². The Morgan fingerprint density at radius 3 is 2.75 bits per heavy atom. The van der Waals surface area contributed by atoms with Crippen molar-refractivity contribution in [3.05, 3.63) is 28.5 Å². The lowest BCUT2D eigenvalue weighted by molar-refractivity contribution is -0.102. The summed E-state index contributed by atoms with van der Waals surface area (Å²) in [6.45, 7) is 0. The van der Waals surface area contributed by atoms with Crippen LogP contribution in [0.3, 0.4) is 0 Å². The first-order chi connectivity index (χ1) is 9.65. The van der Waals surface area contributed by atoms with E-state index < -0.39 is 0 Å². The summed E-state index contributed by atoms with van der Waals surface area (Å²) in [5, 5.41) is 3.42. The Bertz CT molecular complexity index is 487. The first-order valence-electron chi connectivity index (χ1n) is 7.45. The second kappa shape index (κ2) is 5.64. The van der Waals surface area contributed by atoms with Crippen molar-refractivity contribution in [3.8, 4) is 5.75 Å². The van der Waals surface area contributed by atoms with Crippen LogP contribution in [0.15, 0.2) is 22.7 Å². The minimum absolute atomic E-state index is 0.143. The van der Waals surface area contributed by atoms with Crippen molar-refractivity contribution < 1.29 is 9.13 Å². The first kappa shape index (κ1) is 14.3. The van der Waals surface area contributed by atoms with Gasteiger partial charge in [-0.3, -0.25) is 0 Å². The standard InChI is InChI=1S/C16H21BrFNO/c1-19-14-10-15(16(14)7-3-2-4-8-16)20-13-9-11(17)5-6-12(13)18/h5-6,9,14-15,19H,2-4,7-8,10H2,1H3. The molecule has 0 saturated heterocycles. The molecular formula is C16H21BrFNO. The topological polar surface area (TPSA) is 21.3 Å². The zero-order chi connectivity index (χ0) is 14.2. The van der Waals surface area contributed by atoms with Crippen molar-refractivity contribution in [1.29, 1.82) is 0 Å². The Morgan fingerprint density at radius 1 is 1.30 bits per heavy atom. The monoisotopic (exact) mass is 341 g/mol. The number of ether oxygens (including phenoxy) is 1. The summed E-state index contributed by atoms with van der Waals surface area (Å²) < 4.78 is 20.8. The molecule has 110 valence electrons. The molecule has 3 rings (SSSR count). The van der Waals surface area contributed by atoms with Gasteiger partial charge in [-0.25, -0.2) is 4.39 Å². The molecule has 0 amide bonds. The van der Waals surface area contributed by atoms with Crippen molar-refractivity contribution in [3.63, 3.8) is 0 Å². The molecule has 2 nitrogen and oxygen atoms in total. The maximum atomic E-state index is 13.9. The van der Waals surface area contributed by atoms with Crippen LogP contribution in [0.2, 0.25) is 0 Å². The summed E-state index contributed by atoms with van der Waals surface area (Å²) in [7, 11) is 2.02. The van der Waals surface area contributed by atoms with Crippen molar-refractivity contribution in [2.24, 2.45) is 5.41 Å². The number of nitrogens with one attached hydrogen (secondary N) is 1. The highest BCUT2D eigenvalue weighted by Gasteiger charge is 2.56. The Kier molecular flexibility index (Phi) is 4.04. The average Bonchev–Trinajstić information content (AvgIpc) is 2.47. The van der Waals surface area contributed by atoms with Crippen LogP contribution in [-0.2, 0) is 0 Å². The van der Waals surface area contributed by atoms with Gasteiger partial charge in [0.15, 0.2) is 11.6 Å². The van der Waals surface area contributed by atoms with Crippen molar-refractivity contribution >= 4 is 15.9 Å². The molecule has 1 spiro atoms. The maximum absolute atomic E-state index is 13.9. The van der Waals surface area contributed by atoms with E-state index in [0.717, 1.165) is 10.9 Å². The van der Waals surface area contributed by atoms with E-state index in [1.165, 1.54) is 38.2 Å². The molecule has 0 aromatic heterocycles. The van der Waals surface area contributed by atoms with E-state index in [4.69, 9.17) is 4.74 Å². The second-order valence-corrected chi connectivity index (χ2v) is 6.97. The van der Waals surface area contributed by atoms with Gasteiger partial charge in [0.25, 0.3) is 0 Å². The Hall–Kier alpha value is -0.610. The fraction of sp³-hybridized carbons (Fsp3) is 0.625. The molecule has 2 aliphatic rings. The van der Waals surface area contributed by atoms with E-state index in [1.807, 2.05) is 7.05 Å². The number of rotatable bonds is 3. The number of hydrogen-bond donors (Lipinski definition) is 1. The number of benzene rings is 1. The van der Waals surface area contributed by atoms with Gasteiger partial charge >= 0.3 is 0 Å². The molecule has 2 aliphatic carbocycles. The lowest BCUT2D eigenvalue weighted by atomic mass is 9.55. The Labute approximate surface area is 128 Å². The van der Waals surface area contributed by atoms with Crippen LogP contribution in [0.1, 0.15) is 38.5 Å². The third-order valence-electron chi connectivity index (χ3n) is 5.08. The minimum Gasteiger partial charge on any atom is -0.487 e. The fourth-order valence-electron chi connectivity index (χ4n) is 3.92. The molecular weight excluding hydrogens is 321 g/mol. The van der Waals surface area contributed by atoms with Gasteiger partial charge in [0, 0.05) is 22.4 Å². The molecule has 4 heteroatoms. The van der Waals surface area contributed by atoms with Gasteiger partial charge in [0.1, 0.15) is 6.10 Å². The highest BCUT2D eigenvalue weighted by molar-refractivity contribution is 9.10. The van der Waals surface area contributed by atoms with Crippen LogP contribution in [0.5, 0.6) is 5.75 Å². The third-order valence-corrected chi connectivity index (χ3v) is 5.57. The van der Waals surface area contributed by atoms with Gasteiger partial charge in [-0.05, 0) is 38.1 Å². The molecule has 1 aromatic rings. The third kappa shape index (κ3) is 2.37. The van der Waals surface area contributed by atoms with Gasteiger partial charge < -0.3 is 10.1 Å². The van der Waals surface area contributed by atoms with Gasteiger partial charge in [0.2, 0.25) is 0 Å². The summed E-state index contributed by atoms with van der Waals surface area (Å²) in [4.78, 5) is 0. The predicted molar refractivity (Wildman–Crippen MR) is 81.5 cm³/mol. The molecule has 2 saturated carbocycles. The van der Waals surface area contributed by atoms with E-state index in [0.29, 0.717) is 11.8 Å². The zero-order valence-corrected chi connectivity index (χ0v) is 13.4. The number of hydrogen-bond acceptors (Lipinski definition) is 2. The molecule has 0 heterocycles. The smallest absolute Gasteiger partial charge is 0.165 e. The van der Waals surface area contributed by atoms with Crippen molar-refractivity contribution in [2.75, 3.05) is 7.05 Å². The van der Waals surface area contributed by atoms with Crippen molar-refractivity contribution in [1.82, 2.24) is 5.32 Å². The maximum Gasteiger partial charge on any atom is 0.165 e. The van der Waals surface area contributed by atoms with Crippen molar-refractivity contribution in [2.45, 2.75) is 50.7 Å². The molecule has 2 atom stereocenters. The first-order valence-corrected chi connectivity index (χ1v) is 8.24. The van der Waals surface area contributed by atoms with E-state index in [2.05, 4.69) is 21.2 Å². The molecule has 2 unspecified atom stereocenters. The predicted octanol–water partition coefficient (Wildman–Crippen LogP) is 4.28. The van der Waals surface area contributed by atoms with E-state index in [1.54, 1.807) is 12.1 Å². The van der Waals surface area contributed by atoms with E-state index in [-0.39, 0.29) is 17.3 Å². The molecule has 1 N–H and O–H groups in total. The summed E-state index contributed by atoms with van der Waals surface area (Å²) in [5.41, 5.74) is 0.210. The van der Waals surface area contributed by atoms with Crippen LogP contribution in [-0.4, -0.2) is 19.2 Å². The largest absolute Gasteiger partial charge is 0.487 e. The van der Waals surface area contributed by atoms with Crippen LogP contribution in [0.25, 0.3) is 0 Å². The molecule has 1 aromatic carbocycles. The van der Waals surface area contributed by atoms with Crippen LogP contribution < -0.4 is 10.1 Å². The van der Waals surface area contributed by atoms with Crippen LogP contribution in [0, 0.1) is 11.2 Å². The van der Waals surface area contributed by atoms with Gasteiger partial charge in [-0.15, -0.1) is 0 Å². The SMILES string of the molecule is CNC1CC(Oc2cc(Br)ccc2F)C12CCCCC2. The Morgan fingerprint density at radius 2 is 2.05 bits per heavy atom. The van der Waals surface area contributed by atoms with Crippen LogP contribution in [0.4, 0.5) is 4.39 Å². The van der Waals surface area contributed by atoms with E-state index >= 15 is 0 Å². The van der Waals surface area contributed by atoms with E-state index in [9.17, 15) is 4.39 Å². The summed E-state index contributed by atoms with van der Waals surface area (Å²) in [6.07, 6.45) is 7.35. The second-order valence-electron chi connectivity index (χ2n) is 6.05. The molecule has 2 fully saturated rings. The molecule has 0 bridgehead atoms. The quantitative estimate of drug-likeness (QED) is 0.885. The van der Waals surface area contributed by atoms with Gasteiger partial charge in [0.05, 0.1) is 0 Å². The Balaban J connectivity index is 1.78. The lowest BCUT2D eigenvalue weighted by Gasteiger charge is -2.57. The molecule has 20 heavy (non-hydrogen) atoms. The molecule has 0 aliphatic heterocycles. The normalized spacial score (nSPS) is 28.1. The summed E-state index contributed by atoms with van der Waals surface area (Å²) in [5.74, 6) is 0.107. The van der Waals surface area contributed by atoms with Gasteiger partial charge in [-0.2, -0.15) is 0 Å². The average molecular weight is 342 g/mol. The van der Waals surface area contributed by atoms with Crippen LogP contribution >= 0.6 is 15.9 Å². The molecule has 0 radical (unpaired) electrons. The summed E-state index contributed by atoms with van der Waals surface area (Å²) >= 11 is 3.38. The highest BCUT2D eigenvalue weighted by atomic mass is 79.9. The zero-order valence-electron chi connectivity index (χ0n) is 11.8. The lowest BCUT2D eigenvalue weighted by Crippen LogP contribution is -2.64. The highest BCUT2D eigenvalue weighted by Crippen LogP contribution is 2.53. The summed E-state index contributed by atoms with van der Waals surface area (Å²) in [6, 6.07) is 5.41. The fourth-order valence-corrected chi connectivity index (χ4v) is 4.26.